The number of sulfonamides is 1. The molecule has 2 aliphatic heterocycles. The van der Waals surface area contributed by atoms with Crippen LogP contribution in [0.2, 0.25) is 0 Å². The predicted octanol–water partition coefficient (Wildman–Crippen LogP) is 0.916. The average molecular weight is 332 g/mol. The summed E-state index contributed by atoms with van der Waals surface area (Å²) in [5.41, 5.74) is 0. The molecule has 2 heterocycles. The van der Waals surface area contributed by atoms with Gasteiger partial charge in [0.05, 0.1) is 13.2 Å². The van der Waals surface area contributed by atoms with Gasteiger partial charge in [-0.15, -0.1) is 0 Å². The normalized spacial score (nSPS) is 27.6. The third-order valence-electron chi connectivity index (χ3n) is 4.22. The number of likely N-dealkylation sites (N-methyl/N-ethyl adjacent to an activating group) is 1. The van der Waals surface area contributed by atoms with Crippen molar-refractivity contribution >= 4 is 10.0 Å². The summed E-state index contributed by atoms with van der Waals surface area (Å²) < 4.78 is 59.4. The molecule has 1 aromatic carbocycles. The maximum Gasteiger partial charge on any atom is 0.246 e. The molecule has 3 rings (SSSR count). The van der Waals surface area contributed by atoms with Gasteiger partial charge in [-0.3, -0.25) is 4.90 Å². The van der Waals surface area contributed by atoms with Crippen LogP contribution in [0.4, 0.5) is 8.78 Å². The van der Waals surface area contributed by atoms with Gasteiger partial charge in [-0.1, -0.05) is 0 Å². The van der Waals surface area contributed by atoms with E-state index in [-0.39, 0.29) is 25.0 Å². The molecule has 8 heteroatoms. The quantitative estimate of drug-likeness (QED) is 0.808. The Labute approximate surface area is 128 Å². The Morgan fingerprint density at radius 2 is 1.95 bits per heavy atom. The Hall–Kier alpha value is -1.09. The number of benzene rings is 1. The lowest BCUT2D eigenvalue weighted by Crippen LogP contribution is -2.44. The predicted molar refractivity (Wildman–Crippen MR) is 75.8 cm³/mol. The van der Waals surface area contributed by atoms with E-state index in [0.29, 0.717) is 13.2 Å². The first-order valence-corrected chi connectivity index (χ1v) is 8.55. The number of halogens is 2. The van der Waals surface area contributed by atoms with Gasteiger partial charge in [0.1, 0.15) is 16.5 Å². The molecule has 122 valence electrons. The van der Waals surface area contributed by atoms with Crippen LogP contribution in [0.25, 0.3) is 0 Å². The van der Waals surface area contributed by atoms with E-state index in [1.165, 1.54) is 4.31 Å². The topological polar surface area (TPSA) is 49.9 Å². The summed E-state index contributed by atoms with van der Waals surface area (Å²) in [6, 6.07) is 2.41. The van der Waals surface area contributed by atoms with Crippen molar-refractivity contribution in [3.8, 4) is 0 Å². The fraction of sp³-hybridized carbons (Fsp3) is 0.571. The van der Waals surface area contributed by atoms with Gasteiger partial charge in [0.15, 0.2) is 0 Å². The molecule has 1 aromatic rings. The van der Waals surface area contributed by atoms with Crippen LogP contribution < -0.4 is 0 Å². The first kappa shape index (κ1) is 15.8. The van der Waals surface area contributed by atoms with E-state index in [0.717, 1.165) is 24.7 Å². The third-order valence-corrected chi connectivity index (χ3v) is 6.07. The van der Waals surface area contributed by atoms with E-state index < -0.39 is 26.6 Å². The van der Waals surface area contributed by atoms with Crippen LogP contribution in [-0.4, -0.2) is 63.6 Å². The highest BCUT2D eigenvalue weighted by molar-refractivity contribution is 7.89. The SMILES string of the molecule is CN1C[C@H]2COC[C@@H]1CN(S(=O)(=O)c1cc(F)ccc1F)C2. The van der Waals surface area contributed by atoms with Crippen LogP contribution >= 0.6 is 0 Å². The number of hydrogen-bond donors (Lipinski definition) is 0. The maximum absolute atomic E-state index is 13.9. The van der Waals surface area contributed by atoms with Gasteiger partial charge in [-0.25, -0.2) is 17.2 Å². The first-order valence-electron chi connectivity index (χ1n) is 7.11. The zero-order valence-electron chi connectivity index (χ0n) is 12.2. The van der Waals surface area contributed by atoms with Crippen molar-refractivity contribution in [3.05, 3.63) is 29.8 Å². The molecular weight excluding hydrogens is 314 g/mol. The molecule has 0 N–H and O–H groups in total. The number of fused-ring (bicyclic) bond motifs is 3. The van der Waals surface area contributed by atoms with Crippen LogP contribution in [0, 0.1) is 17.6 Å². The minimum atomic E-state index is -4.07. The van der Waals surface area contributed by atoms with Gasteiger partial charge in [0.25, 0.3) is 0 Å². The molecule has 5 nitrogen and oxygen atoms in total. The lowest BCUT2D eigenvalue weighted by atomic mass is 10.1. The molecular formula is C14H18F2N2O3S. The summed E-state index contributed by atoms with van der Waals surface area (Å²) in [6.45, 7) is 2.09. The second-order valence-electron chi connectivity index (χ2n) is 5.89. The summed E-state index contributed by atoms with van der Waals surface area (Å²) >= 11 is 0. The lowest BCUT2D eigenvalue weighted by molar-refractivity contribution is 0.0727. The molecule has 0 saturated carbocycles. The monoisotopic (exact) mass is 332 g/mol. The Bertz CT molecular complexity index is 668. The number of rotatable bonds is 2. The molecule has 2 atom stereocenters. The molecule has 0 aromatic heterocycles. The largest absolute Gasteiger partial charge is 0.379 e. The molecule has 0 radical (unpaired) electrons. The highest BCUT2D eigenvalue weighted by atomic mass is 32.2. The first-order chi connectivity index (χ1) is 10.4. The molecule has 2 bridgehead atoms. The fourth-order valence-electron chi connectivity index (χ4n) is 3.02. The Kier molecular flexibility index (Phi) is 4.19. The Balaban J connectivity index is 1.97. The van der Waals surface area contributed by atoms with Crippen molar-refractivity contribution in [2.45, 2.75) is 10.9 Å². The van der Waals surface area contributed by atoms with Crippen LogP contribution in [-0.2, 0) is 14.8 Å². The zero-order chi connectivity index (χ0) is 15.9. The van der Waals surface area contributed by atoms with Gasteiger partial charge < -0.3 is 4.74 Å². The van der Waals surface area contributed by atoms with Crippen molar-refractivity contribution in [1.29, 1.82) is 0 Å². The van der Waals surface area contributed by atoms with E-state index in [2.05, 4.69) is 4.90 Å². The summed E-state index contributed by atoms with van der Waals surface area (Å²) in [5, 5.41) is 0. The number of hydrogen-bond acceptors (Lipinski definition) is 4. The summed E-state index contributed by atoms with van der Waals surface area (Å²) in [5.74, 6) is -1.68. The van der Waals surface area contributed by atoms with Crippen molar-refractivity contribution in [2.75, 3.05) is 39.9 Å². The Morgan fingerprint density at radius 3 is 2.73 bits per heavy atom. The van der Waals surface area contributed by atoms with Crippen molar-refractivity contribution in [2.24, 2.45) is 5.92 Å². The molecule has 0 aliphatic carbocycles. The zero-order valence-corrected chi connectivity index (χ0v) is 13.0. The molecule has 2 saturated heterocycles. The smallest absolute Gasteiger partial charge is 0.246 e. The highest BCUT2D eigenvalue weighted by Gasteiger charge is 2.38. The second-order valence-corrected chi connectivity index (χ2v) is 7.80. The van der Waals surface area contributed by atoms with Crippen molar-refractivity contribution in [3.63, 3.8) is 0 Å². The van der Waals surface area contributed by atoms with Gasteiger partial charge >= 0.3 is 0 Å². The van der Waals surface area contributed by atoms with Gasteiger partial charge in [-0.2, -0.15) is 4.31 Å². The van der Waals surface area contributed by atoms with E-state index in [4.69, 9.17) is 4.74 Å². The summed E-state index contributed by atoms with van der Waals surface area (Å²) in [7, 11) is -2.15. The summed E-state index contributed by atoms with van der Waals surface area (Å²) in [4.78, 5) is 1.46. The molecule has 2 aliphatic rings. The molecule has 0 unspecified atom stereocenters. The fourth-order valence-corrected chi connectivity index (χ4v) is 4.65. The number of ether oxygens (including phenoxy) is 1. The minimum Gasteiger partial charge on any atom is -0.379 e. The second kappa shape index (κ2) is 5.84. The van der Waals surface area contributed by atoms with Gasteiger partial charge in [-0.05, 0) is 25.2 Å². The standard InChI is InChI=1S/C14H18F2N2O3S/c1-17-5-10-6-18(7-12(17)9-21-8-10)22(19,20)14-4-11(15)2-3-13(14)16/h2-4,10,12H,5-9H2,1H3/t10-,12+/m1/s1. The van der Waals surface area contributed by atoms with Crippen molar-refractivity contribution < 1.29 is 21.9 Å². The van der Waals surface area contributed by atoms with E-state index in [1.807, 2.05) is 7.05 Å². The van der Waals surface area contributed by atoms with E-state index in [9.17, 15) is 17.2 Å². The van der Waals surface area contributed by atoms with Gasteiger partial charge in [0.2, 0.25) is 10.0 Å². The average Bonchev–Trinajstić information content (AvgIpc) is 2.70. The maximum atomic E-state index is 13.9. The summed E-state index contributed by atoms with van der Waals surface area (Å²) in [6.07, 6.45) is 0. The lowest BCUT2D eigenvalue weighted by Gasteiger charge is -2.29. The van der Waals surface area contributed by atoms with Crippen LogP contribution in [0.15, 0.2) is 23.1 Å². The van der Waals surface area contributed by atoms with Crippen molar-refractivity contribution in [1.82, 2.24) is 9.21 Å². The van der Waals surface area contributed by atoms with Gasteiger partial charge in [0, 0.05) is 31.6 Å². The molecule has 22 heavy (non-hydrogen) atoms. The van der Waals surface area contributed by atoms with Crippen LogP contribution in [0.3, 0.4) is 0 Å². The van der Waals surface area contributed by atoms with E-state index >= 15 is 0 Å². The molecule has 0 amide bonds. The molecule has 0 spiro atoms. The number of nitrogens with zero attached hydrogens (tertiary/aromatic N) is 2. The molecule has 2 fully saturated rings. The highest BCUT2D eigenvalue weighted by Crippen LogP contribution is 2.26. The minimum absolute atomic E-state index is 0.0175. The van der Waals surface area contributed by atoms with Crippen LogP contribution in [0.1, 0.15) is 0 Å². The van der Waals surface area contributed by atoms with E-state index in [1.54, 1.807) is 0 Å². The van der Waals surface area contributed by atoms with Crippen LogP contribution in [0.5, 0.6) is 0 Å². The Morgan fingerprint density at radius 1 is 1.18 bits per heavy atom. The third kappa shape index (κ3) is 2.88.